The number of halogens is 3. The maximum atomic E-state index is 15.3. The lowest BCUT2D eigenvalue weighted by molar-refractivity contribution is -0.141. The highest BCUT2D eigenvalue weighted by Crippen LogP contribution is 2.46. The highest BCUT2D eigenvalue weighted by Gasteiger charge is 2.33. The van der Waals surface area contributed by atoms with Crippen molar-refractivity contribution in [3.05, 3.63) is 89.1 Å². The van der Waals surface area contributed by atoms with E-state index in [0.29, 0.717) is 35.2 Å². The van der Waals surface area contributed by atoms with Gasteiger partial charge in [0.15, 0.2) is 11.6 Å². The Balaban J connectivity index is 0.00000124. The number of fused-ring (bicyclic) bond motifs is 2. The zero-order chi connectivity index (χ0) is 38.1. The molecule has 5 aromatic rings. The zero-order valence-corrected chi connectivity index (χ0v) is 27.8. The van der Waals surface area contributed by atoms with Crippen LogP contribution < -0.4 is 9.47 Å². The van der Waals surface area contributed by atoms with Crippen LogP contribution in [-0.2, 0) is 11.2 Å². The van der Waals surface area contributed by atoms with Crippen LogP contribution in [0.3, 0.4) is 0 Å². The van der Waals surface area contributed by atoms with Crippen LogP contribution in [0.1, 0.15) is 29.2 Å². The maximum Gasteiger partial charge on any atom is 0.305 e. The number of carbonyl (C=O) groups is 1. The number of thioether (sulfide) groups is 1. The molecule has 0 aliphatic carbocycles. The third-order valence-corrected chi connectivity index (χ3v) is 8.88. The minimum absolute atomic E-state index is 0.0405. The lowest BCUT2D eigenvalue weighted by Gasteiger charge is -2.31. The van der Waals surface area contributed by atoms with Gasteiger partial charge in [-0.25, -0.2) is 13.8 Å². The van der Waals surface area contributed by atoms with E-state index in [1.165, 1.54) is 30.6 Å². The molecule has 6 rings (SSSR count). The molecular formula is C32H24B6F3N3O7S. The summed E-state index contributed by atoms with van der Waals surface area (Å²) in [5, 5.41) is 32.7. The monoisotopic (exact) mass is 717 g/mol. The summed E-state index contributed by atoms with van der Waals surface area (Å²) >= 11 is 0.436. The summed E-state index contributed by atoms with van der Waals surface area (Å²) in [6.07, 6.45) is 1.67. The topological polar surface area (TPSA) is 161 Å². The fourth-order valence-electron chi connectivity index (χ4n) is 5.72. The fourth-order valence-corrected chi connectivity index (χ4v) is 6.55. The van der Waals surface area contributed by atoms with Crippen molar-refractivity contribution >= 4 is 75.7 Å². The minimum atomic E-state index is -2.36. The molecule has 2 atom stereocenters. The Kier molecular flexibility index (Phi) is 11.6. The van der Waals surface area contributed by atoms with Crippen LogP contribution in [0.5, 0.6) is 17.2 Å². The van der Waals surface area contributed by atoms with Gasteiger partial charge in [0.1, 0.15) is 52.9 Å². The lowest BCUT2D eigenvalue weighted by Crippen LogP contribution is -2.33. The van der Waals surface area contributed by atoms with Crippen molar-refractivity contribution in [2.75, 3.05) is 6.61 Å². The van der Waals surface area contributed by atoms with Crippen LogP contribution in [0.15, 0.2) is 59.8 Å². The largest absolute Gasteiger partial charge is 0.493 e. The van der Waals surface area contributed by atoms with E-state index in [9.17, 15) is 19.4 Å². The Bertz CT molecular complexity index is 2090. The highest BCUT2D eigenvalue weighted by molar-refractivity contribution is 8.03. The molecule has 0 saturated carbocycles. The Morgan fingerprint density at radius 2 is 1.81 bits per heavy atom. The number of hydrogen-bond acceptors (Lipinski definition) is 8. The minimum Gasteiger partial charge on any atom is -0.493 e. The average Bonchev–Trinajstić information content (AvgIpc) is 3.74. The van der Waals surface area contributed by atoms with Crippen LogP contribution >= 0.6 is 11.8 Å². The number of aliphatic hydroxyl groups is 3. The normalized spacial score (nSPS) is 15.0. The SMILES string of the molecule is [B]C(O)O.[B]C([B])(O)Sc1c(Oc2ccc(F)c(-c3ncc(C4CCOc5c(CC(C(=O)O)C([B])([B])[B])cccc54)[nH]3)c2)c(F)c(F)c2[nH]ccc12. The third kappa shape index (κ3) is 8.74. The number of benzene rings is 3. The van der Waals surface area contributed by atoms with E-state index < -0.39 is 51.1 Å². The lowest BCUT2D eigenvalue weighted by atomic mass is 9.37. The Hall–Kier alpha value is -4.11. The first-order valence-electron chi connectivity index (χ1n) is 15.3. The second-order valence-corrected chi connectivity index (χ2v) is 13.1. The van der Waals surface area contributed by atoms with Crippen molar-refractivity contribution in [1.82, 2.24) is 15.0 Å². The molecule has 3 aromatic carbocycles. The van der Waals surface area contributed by atoms with Crippen LogP contribution in [0.25, 0.3) is 22.3 Å². The molecule has 0 fully saturated rings. The molecule has 6 N–H and O–H groups in total. The number of aromatic nitrogens is 3. The third-order valence-electron chi connectivity index (χ3n) is 7.94. The van der Waals surface area contributed by atoms with E-state index >= 15 is 8.78 Å². The molecule has 1 aliphatic heterocycles. The molecule has 12 radical (unpaired) electrons. The van der Waals surface area contributed by atoms with Crippen LogP contribution in [0.4, 0.5) is 13.2 Å². The molecule has 2 aromatic heterocycles. The van der Waals surface area contributed by atoms with E-state index in [-0.39, 0.29) is 51.9 Å². The number of imidazole rings is 1. The van der Waals surface area contributed by atoms with Gasteiger partial charge in [-0.15, -0.1) is 16.9 Å². The predicted octanol–water partition coefficient (Wildman–Crippen LogP) is 2.96. The van der Waals surface area contributed by atoms with E-state index in [1.54, 1.807) is 12.1 Å². The van der Waals surface area contributed by atoms with Crippen molar-refractivity contribution in [2.45, 2.75) is 39.7 Å². The number of para-hydroxylation sites is 1. The maximum absolute atomic E-state index is 15.3. The summed E-state index contributed by atoms with van der Waals surface area (Å²) in [6, 6.07) is 10.2. The molecule has 0 spiro atoms. The van der Waals surface area contributed by atoms with Crippen LogP contribution in [0, 0.1) is 23.4 Å². The van der Waals surface area contributed by atoms with Crippen LogP contribution in [-0.4, -0.2) is 106 Å². The number of ether oxygens (including phenoxy) is 2. The summed E-state index contributed by atoms with van der Waals surface area (Å²) in [7, 11) is 32.5. The molecule has 3 heterocycles. The van der Waals surface area contributed by atoms with Gasteiger partial charge in [-0.05, 0) is 42.7 Å². The van der Waals surface area contributed by atoms with Gasteiger partial charge in [0.05, 0.1) is 46.1 Å². The predicted molar refractivity (Wildman–Crippen MR) is 192 cm³/mol. The molecule has 0 amide bonds. The molecule has 1 aliphatic rings. The van der Waals surface area contributed by atoms with Gasteiger partial charge >= 0.3 is 5.97 Å². The molecular weight excluding hydrogens is 692 g/mol. The molecule has 0 bridgehead atoms. The Morgan fingerprint density at radius 1 is 1.10 bits per heavy atom. The number of carboxylic acid groups (broad SMARTS) is 1. The number of hydrogen-bond donors (Lipinski definition) is 6. The summed E-state index contributed by atoms with van der Waals surface area (Å²) in [4.78, 5) is 21.8. The number of aliphatic carboxylic acids is 1. The van der Waals surface area contributed by atoms with Gasteiger partial charge in [-0.2, -0.15) is 4.39 Å². The summed E-state index contributed by atoms with van der Waals surface area (Å²) < 4.78 is 54.8. The van der Waals surface area contributed by atoms with Gasteiger partial charge in [0.2, 0.25) is 5.82 Å². The van der Waals surface area contributed by atoms with Crippen molar-refractivity contribution in [3.8, 4) is 28.6 Å². The Morgan fingerprint density at radius 3 is 2.46 bits per heavy atom. The second kappa shape index (κ2) is 15.5. The highest BCUT2D eigenvalue weighted by atomic mass is 32.2. The van der Waals surface area contributed by atoms with E-state index in [1.807, 2.05) is 6.07 Å². The summed E-state index contributed by atoms with van der Waals surface area (Å²) in [6.45, 7) is 0.284. The van der Waals surface area contributed by atoms with Crippen molar-refractivity contribution < 1.29 is 47.9 Å². The van der Waals surface area contributed by atoms with E-state index in [0.717, 1.165) is 11.6 Å². The van der Waals surface area contributed by atoms with E-state index in [4.69, 9.17) is 58.9 Å². The number of aliphatic hydroxyl groups excluding tert-OH is 1. The first-order chi connectivity index (χ1) is 24.4. The number of nitrogens with one attached hydrogen (secondary N) is 2. The summed E-state index contributed by atoms with van der Waals surface area (Å²) in [5.41, 5.74) is 1.65. The standard InChI is InChI=1S/C31H21B5F3N3O5S.CH3BO2/c32-30(33,34)19(29(43)44)10-13-2-1-3-16-15(7-9-46-25(13)16)21-12-41-28(42-21)18-11-14(4-5-20(18)37)47-26-23(39)22(38)24-17(6-8-40-24)27(26)48-31(35,36)45;2-1(3)4/h1-6,8,11-12,15,19,40,45H,7,9-10H2,(H,41,42)(H,43,44);1,3-4H. The Labute approximate surface area is 307 Å². The van der Waals surface area contributed by atoms with Gasteiger partial charge in [-0.3, -0.25) is 4.79 Å². The molecule has 254 valence electrons. The summed E-state index contributed by atoms with van der Waals surface area (Å²) in [5.74, 6) is -6.29. The molecule has 20 heteroatoms. The van der Waals surface area contributed by atoms with Crippen LogP contribution in [0.2, 0.25) is 5.11 Å². The molecule has 2 unspecified atom stereocenters. The quantitative estimate of drug-likeness (QED) is 0.0726. The zero-order valence-electron chi connectivity index (χ0n) is 27.0. The number of nitrogens with zero attached hydrogens (tertiary/aromatic N) is 1. The smallest absolute Gasteiger partial charge is 0.305 e. The van der Waals surface area contributed by atoms with Gasteiger partial charge < -0.3 is 39.9 Å². The van der Waals surface area contributed by atoms with E-state index in [2.05, 4.69) is 22.8 Å². The number of rotatable bonds is 10. The number of carboxylic acids is 1. The first kappa shape index (κ1) is 39.1. The average molecular weight is 716 g/mol. The number of H-pyrrole nitrogens is 2. The molecule has 10 nitrogen and oxygen atoms in total. The fraction of sp³-hybridized carbons (Fsp3) is 0.250. The van der Waals surface area contributed by atoms with Gasteiger partial charge in [0.25, 0.3) is 0 Å². The van der Waals surface area contributed by atoms with Crippen molar-refractivity contribution in [3.63, 3.8) is 0 Å². The van der Waals surface area contributed by atoms with Gasteiger partial charge in [0, 0.05) is 45.6 Å². The first-order valence-corrected chi connectivity index (χ1v) is 16.1. The molecule has 52 heavy (non-hydrogen) atoms. The van der Waals surface area contributed by atoms with Crippen molar-refractivity contribution in [2.24, 2.45) is 5.92 Å². The second-order valence-electron chi connectivity index (χ2n) is 11.9. The number of aromatic amines is 2. The van der Waals surface area contributed by atoms with Gasteiger partial charge in [-0.1, -0.05) is 18.2 Å². The van der Waals surface area contributed by atoms with Crippen molar-refractivity contribution in [1.29, 1.82) is 0 Å². The molecule has 0 saturated heterocycles.